The SMILES string of the molecule is COc1c(Br)cc(Br)cc1-c1ccccc1C(N)=O. The average Bonchev–Trinajstić information content (AvgIpc) is 2.37. The summed E-state index contributed by atoms with van der Waals surface area (Å²) in [6.07, 6.45) is 0. The second kappa shape index (κ2) is 5.75. The van der Waals surface area contributed by atoms with Gasteiger partial charge < -0.3 is 10.5 Å². The van der Waals surface area contributed by atoms with Crippen LogP contribution in [0.4, 0.5) is 0 Å². The number of benzene rings is 2. The van der Waals surface area contributed by atoms with Crippen molar-refractivity contribution in [1.82, 2.24) is 0 Å². The molecule has 2 aromatic rings. The summed E-state index contributed by atoms with van der Waals surface area (Å²) in [5, 5.41) is 0. The van der Waals surface area contributed by atoms with Gasteiger partial charge in [0.05, 0.1) is 11.6 Å². The summed E-state index contributed by atoms with van der Waals surface area (Å²) in [7, 11) is 1.59. The molecule has 0 aliphatic heterocycles. The number of amides is 1. The zero-order valence-electron chi connectivity index (χ0n) is 10.1. The Morgan fingerprint density at radius 1 is 1.16 bits per heavy atom. The summed E-state index contributed by atoms with van der Waals surface area (Å²) in [6.45, 7) is 0. The number of halogens is 2. The highest BCUT2D eigenvalue weighted by atomic mass is 79.9. The van der Waals surface area contributed by atoms with Crippen LogP contribution in [0, 0.1) is 0 Å². The van der Waals surface area contributed by atoms with Crippen molar-refractivity contribution in [3.63, 3.8) is 0 Å². The van der Waals surface area contributed by atoms with Crippen LogP contribution in [0.15, 0.2) is 45.3 Å². The van der Waals surface area contributed by atoms with Gasteiger partial charge in [0.2, 0.25) is 5.91 Å². The highest BCUT2D eigenvalue weighted by Gasteiger charge is 2.16. The number of hydrogen-bond donors (Lipinski definition) is 1. The molecule has 19 heavy (non-hydrogen) atoms. The number of carbonyl (C=O) groups excluding carboxylic acids is 1. The van der Waals surface area contributed by atoms with Crippen molar-refractivity contribution in [3.8, 4) is 16.9 Å². The maximum absolute atomic E-state index is 11.5. The van der Waals surface area contributed by atoms with Crippen LogP contribution in [0.5, 0.6) is 5.75 Å². The summed E-state index contributed by atoms with van der Waals surface area (Å²) in [4.78, 5) is 11.5. The molecule has 0 saturated carbocycles. The highest BCUT2D eigenvalue weighted by Crippen LogP contribution is 2.40. The van der Waals surface area contributed by atoms with Crippen LogP contribution in [0.25, 0.3) is 11.1 Å². The van der Waals surface area contributed by atoms with E-state index in [1.54, 1.807) is 19.2 Å². The van der Waals surface area contributed by atoms with Crippen LogP contribution in [-0.4, -0.2) is 13.0 Å². The van der Waals surface area contributed by atoms with E-state index in [0.717, 1.165) is 20.1 Å². The summed E-state index contributed by atoms with van der Waals surface area (Å²) >= 11 is 6.88. The smallest absolute Gasteiger partial charge is 0.249 e. The molecule has 3 nitrogen and oxygen atoms in total. The molecule has 5 heteroatoms. The zero-order valence-corrected chi connectivity index (χ0v) is 13.3. The van der Waals surface area contributed by atoms with Gasteiger partial charge in [-0.3, -0.25) is 4.79 Å². The van der Waals surface area contributed by atoms with Gasteiger partial charge in [0.25, 0.3) is 0 Å². The first kappa shape index (κ1) is 14.1. The fraction of sp³-hybridized carbons (Fsp3) is 0.0714. The van der Waals surface area contributed by atoms with Crippen molar-refractivity contribution < 1.29 is 9.53 Å². The molecule has 2 rings (SSSR count). The number of primary amides is 1. The lowest BCUT2D eigenvalue weighted by atomic mass is 9.98. The lowest BCUT2D eigenvalue weighted by Gasteiger charge is -2.13. The topological polar surface area (TPSA) is 52.3 Å². The highest BCUT2D eigenvalue weighted by molar-refractivity contribution is 9.11. The Kier molecular flexibility index (Phi) is 4.27. The van der Waals surface area contributed by atoms with Gasteiger partial charge in [0.15, 0.2) is 0 Å². The second-order valence-corrected chi connectivity index (χ2v) is 5.65. The third-order valence-corrected chi connectivity index (χ3v) is 3.74. The molecule has 98 valence electrons. The number of ether oxygens (including phenoxy) is 1. The normalized spacial score (nSPS) is 10.3. The molecule has 2 aromatic carbocycles. The molecule has 0 fully saturated rings. The number of nitrogens with two attached hydrogens (primary N) is 1. The van der Waals surface area contributed by atoms with Crippen molar-refractivity contribution >= 4 is 37.8 Å². The van der Waals surface area contributed by atoms with Gasteiger partial charge in [-0.1, -0.05) is 34.1 Å². The van der Waals surface area contributed by atoms with E-state index in [-0.39, 0.29) is 0 Å². The molecule has 1 amide bonds. The third kappa shape index (κ3) is 2.82. The largest absolute Gasteiger partial charge is 0.495 e. The fourth-order valence-corrected chi connectivity index (χ4v) is 3.29. The molecule has 2 N–H and O–H groups in total. The predicted octanol–water partition coefficient (Wildman–Crippen LogP) is 3.99. The first-order valence-corrected chi connectivity index (χ1v) is 7.05. The molecule has 0 aliphatic rings. The van der Waals surface area contributed by atoms with E-state index in [1.807, 2.05) is 24.3 Å². The Balaban J connectivity index is 2.75. The molecular weight excluding hydrogens is 374 g/mol. The molecule has 0 bridgehead atoms. The molecule has 0 unspecified atom stereocenters. The van der Waals surface area contributed by atoms with Gasteiger partial charge in [-0.05, 0) is 39.7 Å². The van der Waals surface area contributed by atoms with Crippen molar-refractivity contribution in [1.29, 1.82) is 0 Å². The number of hydrogen-bond acceptors (Lipinski definition) is 2. The van der Waals surface area contributed by atoms with Crippen molar-refractivity contribution in [2.24, 2.45) is 5.73 Å². The molecule has 0 aromatic heterocycles. The minimum absolute atomic E-state index is 0.464. The summed E-state index contributed by atoms with van der Waals surface area (Å²) < 4.78 is 7.09. The quantitative estimate of drug-likeness (QED) is 0.869. The molecule has 0 atom stereocenters. The maximum atomic E-state index is 11.5. The summed E-state index contributed by atoms with van der Waals surface area (Å²) in [5.41, 5.74) is 7.43. The zero-order chi connectivity index (χ0) is 14.0. The minimum atomic E-state index is -0.464. The third-order valence-electron chi connectivity index (χ3n) is 2.70. The van der Waals surface area contributed by atoms with E-state index in [4.69, 9.17) is 10.5 Å². The van der Waals surface area contributed by atoms with Crippen LogP contribution in [0.3, 0.4) is 0 Å². The fourth-order valence-electron chi connectivity index (χ4n) is 1.90. The average molecular weight is 385 g/mol. The predicted molar refractivity (Wildman–Crippen MR) is 82.3 cm³/mol. The lowest BCUT2D eigenvalue weighted by molar-refractivity contribution is 0.100. The minimum Gasteiger partial charge on any atom is -0.495 e. The van der Waals surface area contributed by atoms with Gasteiger partial charge in [-0.2, -0.15) is 0 Å². The number of carbonyl (C=O) groups is 1. The van der Waals surface area contributed by atoms with Gasteiger partial charge in [0, 0.05) is 15.6 Å². The van der Waals surface area contributed by atoms with Crippen molar-refractivity contribution in [2.75, 3.05) is 7.11 Å². The van der Waals surface area contributed by atoms with E-state index in [2.05, 4.69) is 31.9 Å². The molecular formula is C14H11Br2NO2. The standard InChI is InChI=1S/C14H11Br2NO2/c1-19-13-11(6-8(15)7-12(13)16)9-4-2-3-5-10(9)14(17)18/h2-7H,1H3,(H2,17,18). The Morgan fingerprint density at radius 3 is 2.47 bits per heavy atom. The van der Waals surface area contributed by atoms with Gasteiger partial charge in [0.1, 0.15) is 5.75 Å². The van der Waals surface area contributed by atoms with E-state index in [0.29, 0.717) is 11.3 Å². The Hall–Kier alpha value is -1.33. The van der Waals surface area contributed by atoms with Crippen LogP contribution in [0.1, 0.15) is 10.4 Å². The monoisotopic (exact) mass is 383 g/mol. The van der Waals surface area contributed by atoms with E-state index in [9.17, 15) is 4.79 Å². The van der Waals surface area contributed by atoms with Crippen molar-refractivity contribution in [3.05, 3.63) is 50.9 Å². The van der Waals surface area contributed by atoms with Gasteiger partial charge in [-0.25, -0.2) is 0 Å². The summed E-state index contributed by atoms with van der Waals surface area (Å²) in [6, 6.07) is 11.0. The first-order valence-electron chi connectivity index (χ1n) is 5.47. The number of methoxy groups -OCH3 is 1. The van der Waals surface area contributed by atoms with E-state index in [1.165, 1.54) is 0 Å². The first-order chi connectivity index (χ1) is 9.04. The Morgan fingerprint density at radius 2 is 1.84 bits per heavy atom. The Bertz CT molecular complexity index is 641. The summed E-state index contributed by atoms with van der Waals surface area (Å²) in [5.74, 6) is 0.200. The van der Waals surface area contributed by atoms with E-state index < -0.39 is 5.91 Å². The molecule has 0 radical (unpaired) electrons. The molecule has 0 heterocycles. The van der Waals surface area contributed by atoms with E-state index >= 15 is 0 Å². The van der Waals surface area contributed by atoms with Crippen LogP contribution >= 0.6 is 31.9 Å². The second-order valence-electron chi connectivity index (χ2n) is 3.88. The van der Waals surface area contributed by atoms with Crippen LogP contribution in [0.2, 0.25) is 0 Å². The van der Waals surface area contributed by atoms with Crippen LogP contribution < -0.4 is 10.5 Å². The maximum Gasteiger partial charge on any atom is 0.249 e. The van der Waals surface area contributed by atoms with Gasteiger partial charge in [-0.15, -0.1) is 0 Å². The molecule has 0 spiro atoms. The molecule has 0 aliphatic carbocycles. The van der Waals surface area contributed by atoms with Crippen molar-refractivity contribution in [2.45, 2.75) is 0 Å². The molecule has 0 saturated heterocycles. The van der Waals surface area contributed by atoms with Crippen LogP contribution in [-0.2, 0) is 0 Å². The lowest BCUT2D eigenvalue weighted by Crippen LogP contribution is -2.12. The Labute approximate surface area is 128 Å². The number of rotatable bonds is 3. The van der Waals surface area contributed by atoms with Gasteiger partial charge >= 0.3 is 0 Å².